The van der Waals surface area contributed by atoms with E-state index < -0.39 is 32.5 Å². The molecule has 0 bridgehead atoms. The molecule has 0 aliphatic rings. The van der Waals surface area contributed by atoms with E-state index >= 15 is 0 Å². The highest BCUT2D eigenvalue weighted by molar-refractivity contribution is 7.45. The van der Waals surface area contributed by atoms with Crippen LogP contribution in [0.4, 0.5) is 0 Å². The van der Waals surface area contributed by atoms with Gasteiger partial charge in [0.05, 0.1) is 27.7 Å². The zero-order chi connectivity index (χ0) is 58.4. The van der Waals surface area contributed by atoms with E-state index in [9.17, 15) is 19.0 Å². The van der Waals surface area contributed by atoms with Crippen LogP contribution in [0.15, 0.2) is 207 Å². The molecule has 0 aliphatic carbocycles. The monoisotopic (exact) mass is 1120 g/mol. The summed E-state index contributed by atoms with van der Waals surface area (Å²) in [6.45, 7) is 3.84. The molecule has 0 aromatic heterocycles. The predicted molar refractivity (Wildman–Crippen MR) is 341 cm³/mol. The number of phosphoric ester groups is 1. The van der Waals surface area contributed by atoms with Crippen LogP contribution in [0.2, 0.25) is 0 Å². The minimum Gasteiger partial charge on any atom is -0.756 e. The molecule has 0 saturated heterocycles. The van der Waals surface area contributed by atoms with Crippen molar-refractivity contribution in [1.82, 2.24) is 0 Å². The van der Waals surface area contributed by atoms with Gasteiger partial charge >= 0.3 is 11.9 Å². The van der Waals surface area contributed by atoms with Gasteiger partial charge in [-0.05, 0) is 141 Å². The molecule has 80 heavy (non-hydrogen) atoms. The van der Waals surface area contributed by atoms with Gasteiger partial charge in [-0.15, -0.1) is 0 Å². The first-order valence-corrected chi connectivity index (χ1v) is 31.3. The largest absolute Gasteiger partial charge is 0.756 e. The second-order valence-corrected chi connectivity index (χ2v) is 21.3. The van der Waals surface area contributed by atoms with Gasteiger partial charge in [0.25, 0.3) is 7.82 Å². The highest BCUT2D eigenvalue weighted by Gasteiger charge is 2.21. The van der Waals surface area contributed by atoms with Crippen LogP contribution in [0, 0.1) is 0 Å². The molecular formula is C70H106NO8P. The Morgan fingerprint density at radius 2 is 0.675 bits per heavy atom. The van der Waals surface area contributed by atoms with Crippen molar-refractivity contribution in [2.75, 3.05) is 47.5 Å². The molecule has 9 nitrogen and oxygen atoms in total. The number of rotatable bonds is 51. The number of quaternary nitrogens is 1. The average molecular weight is 1120 g/mol. The second kappa shape index (κ2) is 58.3. The summed E-state index contributed by atoms with van der Waals surface area (Å²) in [5, 5.41) is 0. The summed E-state index contributed by atoms with van der Waals surface area (Å²) < 4.78 is 34.0. The molecule has 0 aromatic carbocycles. The molecule has 444 valence electrons. The standard InChI is InChI=1S/C70H106NO8P/c1-6-8-10-12-14-16-18-20-22-24-26-28-30-32-34-35-37-39-41-43-45-47-49-51-53-55-57-59-61-63-70(73)79-68(67-78-80(74,75)77-65-64-71(3,4)5)66-76-69(72)62-60-58-56-54-52-50-48-46-44-42-40-38-36-33-31-29-27-25-23-21-19-17-15-13-11-9-7-2/h8-11,14-17,20-23,26-29,32-34,36-37,39-40,42-43,45-46,48-49,51-52,54-55,57,68H,6-7,12-13,18-19,24-25,30-31,35,38,41,44,47,50,53,56,58-67H2,1-5H3/b10-8-,11-9-,16-14-,17-15-,22-20-,23-21-,28-26-,29-27-,34-32-,36-33-,39-37-,42-40-,45-43-,48-46-,51-49-,54-52-,57-55-. The lowest BCUT2D eigenvalue weighted by molar-refractivity contribution is -0.870. The number of nitrogens with zero attached hydrogens (tertiary/aromatic N) is 1. The first-order chi connectivity index (χ1) is 39.0. The number of carbonyl (C=O) groups excluding carboxylic acids is 2. The van der Waals surface area contributed by atoms with Crippen LogP contribution < -0.4 is 4.89 Å². The van der Waals surface area contributed by atoms with Crippen LogP contribution in [-0.2, 0) is 32.7 Å². The van der Waals surface area contributed by atoms with E-state index in [1.165, 1.54) is 0 Å². The van der Waals surface area contributed by atoms with Crippen LogP contribution in [0.25, 0.3) is 0 Å². The Morgan fingerprint density at radius 3 is 0.988 bits per heavy atom. The summed E-state index contributed by atoms with van der Waals surface area (Å²) in [5.41, 5.74) is 0. The van der Waals surface area contributed by atoms with E-state index in [4.69, 9.17) is 18.5 Å². The van der Waals surface area contributed by atoms with Crippen LogP contribution >= 0.6 is 7.82 Å². The Bertz CT molecular complexity index is 2100. The van der Waals surface area contributed by atoms with Crippen LogP contribution in [0.5, 0.6) is 0 Å². The van der Waals surface area contributed by atoms with Gasteiger partial charge in [-0.1, -0.05) is 220 Å². The minimum absolute atomic E-state index is 0.0627. The van der Waals surface area contributed by atoms with Crippen molar-refractivity contribution in [3.05, 3.63) is 207 Å². The van der Waals surface area contributed by atoms with Gasteiger partial charge in [-0.25, -0.2) is 0 Å². The highest BCUT2D eigenvalue weighted by Crippen LogP contribution is 2.38. The van der Waals surface area contributed by atoms with E-state index in [2.05, 4.69) is 214 Å². The summed E-state index contributed by atoms with van der Waals surface area (Å²) in [6, 6.07) is 0. The normalized spacial score (nSPS) is 14.7. The lowest BCUT2D eigenvalue weighted by Gasteiger charge is -2.28. The molecule has 0 spiro atoms. The number of hydrogen-bond acceptors (Lipinski definition) is 8. The van der Waals surface area contributed by atoms with Crippen molar-refractivity contribution < 1.29 is 42.1 Å². The molecule has 0 N–H and O–H groups in total. The van der Waals surface area contributed by atoms with Crippen molar-refractivity contribution >= 4 is 19.8 Å². The van der Waals surface area contributed by atoms with Crippen LogP contribution in [0.1, 0.15) is 168 Å². The molecule has 0 amide bonds. The van der Waals surface area contributed by atoms with Crippen molar-refractivity contribution in [2.45, 2.75) is 174 Å². The maximum atomic E-state index is 12.8. The van der Waals surface area contributed by atoms with Gasteiger partial charge in [0, 0.05) is 12.8 Å². The number of likely N-dealkylation sites (N-methyl/N-ethyl adjacent to an activating group) is 1. The molecule has 0 aromatic rings. The predicted octanol–water partition coefficient (Wildman–Crippen LogP) is 18.5. The Hall–Kier alpha value is -5.41. The van der Waals surface area contributed by atoms with E-state index in [1.54, 1.807) is 0 Å². The fourth-order valence-corrected chi connectivity index (χ4v) is 7.52. The van der Waals surface area contributed by atoms with Crippen molar-refractivity contribution in [3.63, 3.8) is 0 Å². The Morgan fingerprint density at radius 1 is 0.388 bits per heavy atom. The smallest absolute Gasteiger partial charge is 0.306 e. The zero-order valence-corrected chi connectivity index (χ0v) is 51.1. The van der Waals surface area contributed by atoms with Crippen molar-refractivity contribution in [1.29, 1.82) is 0 Å². The topological polar surface area (TPSA) is 111 Å². The molecule has 0 rings (SSSR count). The highest BCUT2D eigenvalue weighted by atomic mass is 31.2. The fourth-order valence-electron chi connectivity index (χ4n) is 6.79. The molecule has 2 atom stereocenters. The lowest BCUT2D eigenvalue weighted by Crippen LogP contribution is -2.37. The van der Waals surface area contributed by atoms with Gasteiger partial charge < -0.3 is 27.9 Å². The Kier molecular flexibility index (Phi) is 54.3. The number of allylic oxidation sites excluding steroid dienone is 34. The number of carbonyl (C=O) groups is 2. The Balaban J connectivity index is 4.43. The van der Waals surface area contributed by atoms with Gasteiger partial charge in [0.2, 0.25) is 0 Å². The van der Waals surface area contributed by atoms with Crippen LogP contribution in [-0.4, -0.2) is 70.0 Å². The SMILES string of the molecule is CC/C=C\C/C=C\C/C=C\C/C=C\C/C=C\C/C=C\C/C=C\C/C=C\C/C=C\CCCC(=O)OC(COC(=O)CCCC/C=C\C/C=C\C/C=C\C/C=C\C/C=C\C/C=C\C/C=C\C/C=C\CC)COP(=O)([O-])OCC[N+](C)(C)C. The molecular weight excluding hydrogens is 1010 g/mol. The third-order valence-electron chi connectivity index (χ3n) is 11.3. The summed E-state index contributed by atoms with van der Waals surface area (Å²) in [6.07, 6.45) is 93.1. The van der Waals surface area contributed by atoms with Crippen LogP contribution in [0.3, 0.4) is 0 Å². The van der Waals surface area contributed by atoms with Crippen molar-refractivity contribution in [2.24, 2.45) is 0 Å². The zero-order valence-electron chi connectivity index (χ0n) is 50.2. The maximum Gasteiger partial charge on any atom is 0.306 e. The quantitative estimate of drug-likeness (QED) is 0.0195. The summed E-state index contributed by atoms with van der Waals surface area (Å²) in [5.74, 6) is -0.978. The number of phosphoric acid groups is 1. The molecule has 0 aliphatic heterocycles. The third kappa shape index (κ3) is 61.8. The van der Waals surface area contributed by atoms with E-state index in [1.807, 2.05) is 27.2 Å². The van der Waals surface area contributed by atoms with E-state index in [0.29, 0.717) is 30.3 Å². The van der Waals surface area contributed by atoms with E-state index in [-0.39, 0.29) is 26.1 Å². The summed E-state index contributed by atoms with van der Waals surface area (Å²) in [4.78, 5) is 37.9. The first kappa shape index (κ1) is 74.6. The number of esters is 2. The molecule has 0 saturated carbocycles. The molecule has 0 fully saturated rings. The van der Waals surface area contributed by atoms with Gasteiger partial charge in [0.15, 0.2) is 6.10 Å². The maximum absolute atomic E-state index is 12.8. The molecule has 2 unspecified atom stereocenters. The average Bonchev–Trinajstić information content (AvgIpc) is 3.42. The summed E-state index contributed by atoms with van der Waals surface area (Å²) in [7, 11) is 1.06. The Labute approximate surface area is 487 Å². The number of hydrogen-bond donors (Lipinski definition) is 0. The first-order valence-electron chi connectivity index (χ1n) is 29.8. The van der Waals surface area contributed by atoms with E-state index in [0.717, 1.165) is 122 Å². The number of ether oxygens (including phenoxy) is 2. The summed E-state index contributed by atoms with van der Waals surface area (Å²) >= 11 is 0. The lowest BCUT2D eigenvalue weighted by atomic mass is 10.2. The minimum atomic E-state index is -4.68. The fraction of sp³-hybridized carbons (Fsp3) is 0.486. The third-order valence-corrected chi connectivity index (χ3v) is 12.3. The second-order valence-electron chi connectivity index (χ2n) is 19.9. The van der Waals surface area contributed by atoms with Gasteiger partial charge in [-0.3, -0.25) is 14.2 Å². The van der Waals surface area contributed by atoms with Gasteiger partial charge in [-0.2, -0.15) is 0 Å². The molecule has 10 heteroatoms. The molecule has 0 heterocycles. The number of unbranched alkanes of at least 4 members (excludes halogenated alkanes) is 3. The van der Waals surface area contributed by atoms with Crippen molar-refractivity contribution in [3.8, 4) is 0 Å². The molecule has 0 radical (unpaired) electrons. The van der Waals surface area contributed by atoms with Gasteiger partial charge in [0.1, 0.15) is 19.8 Å².